The molecule has 1 N–H and O–H groups in total. The molecular formula is C26H38O8Si. The fourth-order valence-electron chi connectivity index (χ4n) is 3.28. The van der Waals surface area contributed by atoms with Crippen LogP contribution in [0, 0.1) is 0 Å². The minimum atomic E-state index is -2.31. The summed E-state index contributed by atoms with van der Waals surface area (Å²) in [6.45, 7) is 10.6. The number of rotatable bonds is 11. The zero-order valence-electron chi connectivity index (χ0n) is 22.1. The quantitative estimate of drug-likeness (QED) is 0.257. The van der Waals surface area contributed by atoms with Crippen LogP contribution in [-0.4, -0.2) is 54.6 Å². The maximum Gasteiger partial charge on any atom is 0.316 e. The molecule has 8 nitrogen and oxygen atoms in total. The molecule has 0 aromatic heterocycles. The average molecular weight is 507 g/mol. The van der Waals surface area contributed by atoms with Crippen LogP contribution in [0.2, 0.25) is 18.1 Å². The van der Waals surface area contributed by atoms with Crippen LogP contribution < -0.4 is 18.6 Å². The van der Waals surface area contributed by atoms with E-state index < -0.39 is 26.3 Å². The maximum absolute atomic E-state index is 13.1. The number of benzene rings is 2. The van der Waals surface area contributed by atoms with Gasteiger partial charge in [0.25, 0.3) is 0 Å². The molecule has 2 unspecified atom stereocenters. The summed E-state index contributed by atoms with van der Waals surface area (Å²) >= 11 is 0. The molecule has 0 heterocycles. The van der Waals surface area contributed by atoms with Crippen molar-refractivity contribution in [2.75, 3.05) is 35.2 Å². The van der Waals surface area contributed by atoms with Crippen LogP contribution in [0.3, 0.4) is 0 Å². The minimum absolute atomic E-state index is 0.0436. The van der Waals surface area contributed by atoms with Crippen LogP contribution in [0.4, 0.5) is 0 Å². The lowest BCUT2D eigenvalue weighted by molar-refractivity contribution is -0.145. The number of methoxy groups -OCH3 is 4. The molecule has 2 aromatic carbocycles. The highest BCUT2D eigenvalue weighted by Crippen LogP contribution is 2.45. The largest absolute Gasteiger partial charge is 0.543 e. The standard InChI is InChI=1S/C26H38O8Si/c1-26(2,3)35(8,9)34-22-15-18(31-6)10-12-19(22)23(25(28)32-7)24(27)20-13-11-17(30-5)14-21(20)33-16-29-4/h10-15,23-24,27H,16H2,1-9H3. The minimum Gasteiger partial charge on any atom is -0.543 e. The van der Waals surface area contributed by atoms with Gasteiger partial charge in [0.1, 0.15) is 35.0 Å². The van der Waals surface area contributed by atoms with E-state index in [1.807, 2.05) is 0 Å². The zero-order valence-corrected chi connectivity index (χ0v) is 23.1. The van der Waals surface area contributed by atoms with E-state index in [1.165, 1.54) is 21.3 Å². The zero-order chi connectivity index (χ0) is 26.4. The maximum atomic E-state index is 13.1. The number of hydrogen-bond donors (Lipinski definition) is 1. The Kier molecular flexibility index (Phi) is 9.59. The first-order valence-electron chi connectivity index (χ1n) is 11.3. The summed E-state index contributed by atoms with van der Waals surface area (Å²) in [5.74, 6) is 0.202. The number of carbonyl (C=O) groups excluding carboxylic acids is 1. The van der Waals surface area contributed by atoms with Crippen molar-refractivity contribution in [1.82, 2.24) is 0 Å². The van der Waals surface area contributed by atoms with E-state index in [-0.39, 0.29) is 11.8 Å². The molecule has 0 aliphatic heterocycles. The highest BCUT2D eigenvalue weighted by Gasteiger charge is 2.41. The van der Waals surface area contributed by atoms with Gasteiger partial charge >= 0.3 is 5.97 Å². The van der Waals surface area contributed by atoms with Gasteiger partial charge in [-0.05, 0) is 36.3 Å². The molecule has 0 aliphatic rings. The fourth-order valence-corrected chi connectivity index (χ4v) is 4.31. The molecule has 0 fully saturated rings. The Labute approximate surface area is 209 Å². The van der Waals surface area contributed by atoms with Crippen LogP contribution >= 0.6 is 0 Å². The Balaban J connectivity index is 2.67. The first-order valence-corrected chi connectivity index (χ1v) is 14.2. The number of aliphatic hydroxyl groups is 1. The molecule has 0 aliphatic carbocycles. The lowest BCUT2D eigenvalue weighted by atomic mass is 9.88. The summed E-state index contributed by atoms with van der Waals surface area (Å²) in [6.07, 6.45) is -1.31. The molecule has 0 saturated carbocycles. The van der Waals surface area contributed by atoms with Crippen LogP contribution in [-0.2, 0) is 14.3 Å². The molecule has 0 spiro atoms. The molecule has 2 rings (SSSR count). The molecule has 2 aromatic rings. The van der Waals surface area contributed by atoms with Crippen LogP contribution in [0.5, 0.6) is 23.0 Å². The number of ether oxygens (including phenoxy) is 5. The molecule has 35 heavy (non-hydrogen) atoms. The first-order chi connectivity index (χ1) is 16.4. The van der Waals surface area contributed by atoms with Crippen molar-refractivity contribution in [2.24, 2.45) is 0 Å². The molecule has 2 atom stereocenters. The first kappa shape index (κ1) is 28.5. The summed E-state index contributed by atoms with van der Waals surface area (Å²) < 4.78 is 33.1. The normalized spacial score (nSPS) is 13.5. The lowest BCUT2D eigenvalue weighted by Crippen LogP contribution is -2.44. The second-order valence-electron chi connectivity index (χ2n) is 9.67. The second kappa shape index (κ2) is 11.8. The van der Waals surface area contributed by atoms with Gasteiger partial charge in [0, 0.05) is 30.4 Å². The highest BCUT2D eigenvalue weighted by atomic mass is 28.4. The van der Waals surface area contributed by atoms with Gasteiger partial charge in [-0.3, -0.25) is 4.79 Å². The van der Waals surface area contributed by atoms with Gasteiger partial charge in [0.05, 0.1) is 21.3 Å². The third kappa shape index (κ3) is 6.68. The molecule has 0 bridgehead atoms. The second-order valence-corrected chi connectivity index (χ2v) is 14.4. The number of esters is 1. The van der Waals surface area contributed by atoms with Crippen LogP contribution in [0.25, 0.3) is 0 Å². The van der Waals surface area contributed by atoms with E-state index in [2.05, 4.69) is 33.9 Å². The van der Waals surface area contributed by atoms with Crippen LogP contribution in [0.15, 0.2) is 36.4 Å². The van der Waals surface area contributed by atoms with Crippen molar-refractivity contribution in [3.63, 3.8) is 0 Å². The van der Waals surface area contributed by atoms with E-state index in [1.54, 1.807) is 43.5 Å². The van der Waals surface area contributed by atoms with Crippen molar-refractivity contribution < 1.29 is 38.0 Å². The molecule has 0 radical (unpaired) electrons. The van der Waals surface area contributed by atoms with Gasteiger partial charge in [-0.2, -0.15) is 0 Å². The SMILES string of the molecule is COCOc1cc(OC)ccc1C(O)C(C(=O)OC)c1ccc(OC)cc1O[Si](C)(C)C(C)(C)C. The number of hydrogen-bond acceptors (Lipinski definition) is 8. The smallest absolute Gasteiger partial charge is 0.316 e. The summed E-state index contributed by atoms with van der Waals surface area (Å²) in [5.41, 5.74) is 0.871. The predicted octanol–water partition coefficient (Wildman–Crippen LogP) is 5.06. The monoisotopic (exact) mass is 506 g/mol. The third-order valence-corrected chi connectivity index (χ3v) is 10.7. The Bertz CT molecular complexity index is 999. The molecule has 0 saturated heterocycles. The van der Waals surface area contributed by atoms with E-state index >= 15 is 0 Å². The third-order valence-electron chi connectivity index (χ3n) is 6.37. The van der Waals surface area contributed by atoms with Crippen molar-refractivity contribution in [1.29, 1.82) is 0 Å². The molecule has 0 amide bonds. The molecular weight excluding hydrogens is 468 g/mol. The van der Waals surface area contributed by atoms with E-state index in [4.69, 9.17) is 28.1 Å². The summed E-state index contributed by atoms with van der Waals surface area (Å²) in [4.78, 5) is 13.1. The lowest BCUT2D eigenvalue weighted by Gasteiger charge is -2.37. The summed E-state index contributed by atoms with van der Waals surface area (Å²) in [5, 5.41) is 11.5. The van der Waals surface area contributed by atoms with E-state index in [0.29, 0.717) is 34.1 Å². The average Bonchev–Trinajstić information content (AvgIpc) is 2.82. The van der Waals surface area contributed by atoms with Gasteiger partial charge in [-0.15, -0.1) is 0 Å². The van der Waals surface area contributed by atoms with E-state index in [9.17, 15) is 9.90 Å². The number of aliphatic hydroxyl groups excluding tert-OH is 1. The van der Waals surface area contributed by atoms with Crippen LogP contribution in [0.1, 0.15) is 43.9 Å². The molecule has 194 valence electrons. The summed E-state index contributed by atoms with van der Waals surface area (Å²) in [6, 6.07) is 10.2. The van der Waals surface area contributed by atoms with Crippen molar-refractivity contribution in [2.45, 2.75) is 50.9 Å². The van der Waals surface area contributed by atoms with Gasteiger partial charge in [0.15, 0.2) is 6.79 Å². The summed E-state index contributed by atoms with van der Waals surface area (Å²) in [7, 11) is 3.57. The van der Waals surface area contributed by atoms with Gasteiger partial charge in [-0.25, -0.2) is 0 Å². The van der Waals surface area contributed by atoms with Gasteiger partial charge < -0.3 is 33.2 Å². The highest BCUT2D eigenvalue weighted by molar-refractivity contribution is 6.74. The van der Waals surface area contributed by atoms with E-state index in [0.717, 1.165) is 0 Å². The fraction of sp³-hybridized carbons (Fsp3) is 0.500. The Morgan fingerprint density at radius 3 is 1.94 bits per heavy atom. The van der Waals surface area contributed by atoms with Gasteiger partial charge in [0.2, 0.25) is 8.32 Å². The Morgan fingerprint density at radius 2 is 1.46 bits per heavy atom. The topological polar surface area (TPSA) is 92.7 Å². The van der Waals surface area contributed by atoms with Crippen molar-refractivity contribution in [3.05, 3.63) is 47.5 Å². The predicted molar refractivity (Wildman–Crippen MR) is 136 cm³/mol. The Morgan fingerprint density at radius 1 is 0.914 bits per heavy atom. The molecule has 9 heteroatoms. The van der Waals surface area contributed by atoms with Crippen molar-refractivity contribution >= 4 is 14.3 Å². The number of carbonyl (C=O) groups is 1. The Hall–Kier alpha value is -2.75. The van der Waals surface area contributed by atoms with Crippen molar-refractivity contribution in [3.8, 4) is 23.0 Å². The van der Waals surface area contributed by atoms with Gasteiger partial charge in [-0.1, -0.05) is 26.8 Å².